The average molecular weight is 262 g/mol. The minimum absolute atomic E-state index is 0.719. The predicted octanol–water partition coefficient (Wildman–Crippen LogP) is 3.68. The third-order valence-corrected chi connectivity index (χ3v) is 3.46. The van der Waals surface area contributed by atoms with Crippen LogP contribution in [-0.2, 0) is 17.7 Å². The van der Waals surface area contributed by atoms with Crippen molar-refractivity contribution in [2.75, 3.05) is 12.1 Å². The zero-order valence-corrected chi connectivity index (χ0v) is 11.4. The van der Waals surface area contributed by atoms with E-state index in [-0.39, 0.29) is 0 Å². The van der Waals surface area contributed by atoms with Gasteiger partial charge in [0.1, 0.15) is 5.00 Å². The lowest BCUT2D eigenvalue weighted by Crippen LogP contribution is -1.99. The number of hydrogen-bond acceptors (Lipinski definition) is 4. The number of nitrogens with zero attached hydrogens (tertiary/aromatic N) is 1. The van der Waals surface area contributed by atoms with E-state index in [9.17, 15) is 0 Å². The van der Waals surface area contributed by atoms with Crippen LogP contribution in [0.25, 0.3) is 0 Å². The molecule has 1 aromatic heterocycles. The van der Waals surface area contributed by atoms with Crippen LogP contribution in [0.2, 0.25) is 0 Å². The Morgan fingerprint density at radius 2 is 2.06 bits per heavy atom. The number of thiazole rings is 1. The molecule has 1 heterocycles. The number of aromatic nitrogens is 1. The van der Waals surface area contributed by atoms with E-state index in [1.807, 2.05) is 12.3 Å². The summed E-state index contributed by atoms with van der Waals surface area (Å²) in [5.41, 5.74) is 4.27. The second-order valence-electron chi connectivity index (χ2n) is 4.05. The number of rotatable bonds is 7. The molecule has 18 heavy (non-hydrogen) atoms. The van der Waals surface area contributed by atoms with Crippen molar-refractivity contribution in [3.8, 4) is 0 Å². The first-order chi connectivity index (χ1) is 8.88. The van der Waals surface area contributed by atoms with Crippen LogP contribution in [-0.4, -0.2) is 11.6 Å². The summed E-state index contributed by atoms with van der Waals surface area (Å²) in [6.45, 7) is 2.80. The molecule has 0 fully saturated rings. The van der Waals surface area contributed by atoms with Crippen LogP contribution in [0.4, 0.5) is 5.00 Å². The summed E-state index contributed by atoms with van der Waals surface area (Å²) in [6.07, 6.45) is 4.85. The van der Waals surface area contributed by atoms with E-state index in [0.717, 1.165) is 35.9 Å². The number of anilines is 1. The molecule has 0 aliphatic rings. The van der Waals surface area contributed by atoms with Crippen molar-refractivity contribution in [2.45, 2.75) is 26.2 Å². The Labute approximate surface area is 112 Å². The monoisotopic (exact) mass is 262 g/mol. The molecule has 3 nitrogen and oxygen atoms in total. The van der Waals surface area contributed by atoms with Gasteiger partial charge in [0.2, 0.25) is 0 Å². The third-order valence-electron chi connectivity index (χ3n) is 2.50. The van der Waals surface area contributed by atoms with Gasteiger partial charge in [-0.05, 0) is 18.4 Å². The highest BCUT2D eigenvalue weighted by atomic mass is 32.1. The molecule has 2 rings (SSSR count). The summed E-state index contributed by atoms with van der Waals surface area (Å²) >= 11 is 1.66. The van der Waals surface area contributed by atoms with Crippen LogP contribution in [0.3, 0.4) is 0 Å². The molecule has 0 amide bonds. The standard InChI is InChI=1S/C14H18N2OS/c1-2-10-17-16-14-11-15-13(18-14)9-8-12-6-4-3-5-7-12/h3-7,11,16H,2,8-10H2,1H3. The Morgan fingerprint density at radius 3 is 2.83 bits per heavy atom. The van der Waals surface area contributed by atoms with Gasteiger partial charge in [-0.15, -0.1) is 0 Å². The maximum atomic E-state index is 5.27. The van der Waals surface area contributed by atoms with E-state index in [2.05, 4.69) is 41.7 Å². The van der Waals surface area contributed by atoms with Gasteiger partial charge < -0.3 is 0 Å². The largest absolute Gasteiger partial charge is 0.275 e. The Kier molecular flexibility index (Phi) is 5.17. The Balaban J connectivity index is 1.80. The second-order valence-corrected chi connectivity index (χ2v) is 5.17. The van der Waals surface area contributed by atoms with Crippen LogP contribution in [0.1, 0.15) is 23.9 Å². The zero-order chi connectivity index (χ0) is 12.6. The van der Waals surface area contributed by atoms with Crippen LogP contribution < -0.4 is 5.48 Å². The first kappa shape index (κ1) is 13.1. The molecule has 0 saturated carbocycles. The molecular weight excluding hydrogens is 244 g/mol. The summed E-state index contributed by atoms with van der Waals surface area (Å²) in [5, 5.41) is 2.12. The highest BCUT2D eigenvalue weighted by Crippen LogP contribution is 2.20. The molecule has 1 aromatic carbocycles. The molecule has 0 atom stereocenters. The number of aryl methyl sites for hydroxylation is 2. The summed E-state index contributed by atoms with van der Waals surface area (Å²) in [6, 6.07) is 10.5. The first-order valence-electron chi connectivity index (χ1n) is 6.25. The van der Waals surface area contributed by atoms with Crippen LogP contribution >= 0.6 is 11.3 Å². The van der Waals surface area contributed by atoms with Crippen molar-refractivity contribution in [2.24, 2.45) is 0 Å². The van der Waals surface area contributed by atoms with Gasteiger partial charge in [-0.25, -0.2) is 4.98 Å². The van der Waals surface area contributed by atoms with Gasteiger partial charge in [-0.2, -0.15) is 0 Å². The smallest absolute Gasteiger partial charge is 0.133 e. The fourth-order valence-electron chi connectivity index (χ4n) is 1.59. The molecule has 0 aliphatic carbocycles. The van der Waals surface area contributed by atoms with Gasteiger partial charge in [0, 0.05) is 6.42 Å². The van der Waals surface area contributed by atoms with Crippen molar-refractivity contribution in [3.05, 3.63) is 47.1 Å². The minimum atomic E-state index is 0.719. The quantitative estimate of drug-likeness (QED) is 0.610. The molecule has 0 unspecified atom stereocenters. The van der Waals surface area contributed by atoms with E-state index in [0.29, 0.717) is 0 Å². The average Bonchev–Trinajstić information content (AvgIpc) is 2.86. The molecule has 0 aliphatic heterocycles. The topological polar surface area (TPSA) is 34.1 Å². The van der Waals surface area contributed by atoms with Crippen molar-refractivity contribution in [1.82, 2.24) is 4.98 Å². The highest BCUT2D eigenvalue weighted by molar-refractivity contribution is 7.15. The van der Waals surface area contributed by atoms with Gasteiger partial charge in [-0.3, -0.25) is 10.3 Å². The summed E-state index contributed by atoms with van der Waals surface area (Å²) in [4.78, 5) is 9.65. The number of nitrogens with one attached hydrogen (secondary N) is 1. The Morgan fingerprint density at radius 1 is 1.22 bits per heavy atom. The molecule has 4 heteroatoms. The van der Waals surface area contributed by atoms with Crippen molar-refractivity contribution < 1.29 is 4.84 Å². The van der Waals surface area contributed by atoms with E-state index < -0.39 is 0 Å². The van der Waals surface area contributed by atoms with Gasteiger partial charge in [0.25, 0.3) is 0 Å². The first-order valence-corrected chi connectivity index (χ1v) is 7.06. The van der Waals surface area contributed by atoms with E-state index in [1.54, 1.807) is 11.3 Å². The van der Waals surface area contributed by atoms with Crippen LogP contribution in [0.5, 0.6) is 0 Å². The SMILES string of the molecule is CCCONc1cnc(CCc2ccccc2)s1. The summed E-state index contributed by atoms with van der Waals surface area (Å²) < 4.78 is 0. The third kappa shape index (κ3) is 4.13. The maximum absolute atomic E-state index is 5.27. The van der Waals surface area contributed by atoms with Crippen molar-refractivity contribution in [1.29, 1.82) is 0 Å². The summed E-state index contributed by atoms with van der Waals surface area (Å²) in [5.74, 6) is 0. The van der Waals surface area contributed by atoms with Gasteiger partial charge >= 0.3 is 0 Å². The van der Waals surface area contributed by atoms with Crippen molar-refractivity contribution in [3.63, 3.8) is 0 Å². The Hall–Kier alpha value is -1.39. The molecule has 2 aromatic rings. The zero-order valence-electron chi connectivity index (χ0n) is 10.6. The maximum Gasteiger partial charge on any atom is 0.133 e. The predicted molar refractivity (Wildman–Crippen MR) is 75.8 cm³/mol. The van der Waals surface area contributed by atoms with Crippen molar-refractivity contribution >= 4 is 16.3 Å². The van der Waals surface area contributed by atoms with E-state index >= 15 is 0 Å². The normalized spacial score (nSPS) is 10.5. The highest BCUT2D eigenvalue weighted by Gasteiger charge is 2.02. The van der Waals surface area contributed by atoms with Gasteiger partial charge in [0.05, 0.1) is 17.8 Å². The van der Waals surface area contributed by atoms with Gasteiger partial charge in [0.15, 0.2) is 0 Å². The molecule has 0 spiro atoms. The lowest BCUT2D eigenvalue weighted by molar-refractivity contribution is 0.195. The Bertz CT molecular complexity index is 456. The molecule has 96 valence electrons. The lowest BCUT2D eigenvalue weighted by Gasteiger charge is -2.01. The van der Waals surface area contributed by atoms with Gasteiger partial charge in [-0.1, -0.05) is 48.6 Å². The fourth-order valence-corrected chi connectivity index (χ4v) is 2.36. The van der Waals surface area contributed by atoms with Crippen LogP contribution in [0, 0.1) is 0 Å². The molecule has 1 N–H and O–H groups in total. The van der Waals surface area contributed by atoms with E-state index in [1.165, 1.54) is 5.56 Å². The lowest BCUT2D eigenvalue weighted by atomic mass is 10.1. The second kappa shape index (κ2) is 7.13. The molecule has 0 radical (unpaired) electrons. The number of hydrogen-bond donors (Lipinski definition) is 1. The van der Waals surface area contributed by atoms with E-state index in [4.69, 9.17) is 4.84 Å². The number of benzene rings is 1. The summed E-state index contributed by atoms with van der Waals surface area (Å²) in [7, 11) is 0. The van der Waals surface area contributed by atoms with Crippen LogP contribution in [0.15, 0.2) is 36.5 Å². The molecular formula is C14H18N2OS. The fraction of sp³-hybridized carbons (Fsp3) is 0.357. The minimum Gasteiger partial charge on any atom is -0.275 e. The molecule has 0 saturated heterocycles. The molecule has 0 bridgehead atoms.